The Balaban J connectivity index is 1.20. The quantitative estimate of drug-likeness (QED) is 0.466. The number of nitrogen functional groups attached to an aromatic ring is 1. The number of benzene rings is 1. The van der Waals surface area contributed by atoms with Gasteiger partial charge in [-0.3, -0.25) is 14.5 Å². The van der Waals surface area contributed by atoms with Crippen LogP contribution in [0.4, 0.5) is 10.1 Å². The van der Waals surface area contributed by atoms with Crippen LogP contribution in [0.25, 0.3) is 0 Å². The molecule has 2 aliphatic rings. The average molecular weight is 476 g/mol. The van der Waals surface area contributed by atoms with Crippen LogP contribution in [-0.2, 0) is 9.59 Å². The predicted molar refractivity (Wildman–Crippen MR) is 125 cm³/mol. The summed E-state index contributed by atoms with van der Waals surface area (Å²) in [5.74, 6) is 7.05. The summed E-state index contributed by atoms with van der Waals surface area (Å²) in [5, 5.41) is 11.7. The molecule has 0 spiro atoms. The summed E-state index contributed by atoms with van der Waals surface area (Å²) in [6, 6.07) is 5.82. The Morgan fingerprint density at radius 1 is 1.12 bits per heavy atom. The minimum atomic E-state index is -0.393. The molecule has 1 saturated heterocycles. The monoisotopic (exact) mass is 475 g/mol. The normalized spacial score (nSPS) is 17.8. The lowest BCUT2D eigenvalue weighted by Gasteiger charge is -2.34. The topological polar surface area (TPSA) is 109 Å². The second-order valence-electron chi connectivity index (χ2n) is 8.55. The SMILES string of the molecule is Nn1c(SCC(=O)N2CCN(CC(=O)Nc3cccc(F)c3)CC2)nnc1C1CCCCC1. The molecule has 2 fully saturated rings. The number of nitrogens with zero attached hydrogens (tertiary/aromatic N) is 5. The largest absolute Gasteiger partial charge is 0.339 e. The van der Waals surface area contributed by atoms with Crippen molar-refractivity contribution in [3.05, 3.63) is 35.9 Å². The second kappa shape index (κ2) is 11.0. The number of nitrogens with one attached hydrogen (secondary N) is 1. The number of thioether (sulfide) groups is 1. The van der Waals surface area contributed by atoms with Gasteiger partial charge in [0.2, 0.25) is 17.0 Å². The summed E-state index contributed by atoms with van der Waals surface area (Å²) in [5.41, 5.74) is 0.435. The molecule has 178 valence electrons. The van der Waals surface area contributed by atoms with Crippen molar-refractivity contribution < 1.29 is 14.0 Å². The number of aromatic nitrogens is 3. The summed E-state index contributed by atoms with van der Waals surface area (Å²) in [4.78, 5) is 28.7. The van der Waals surface area contributed by atoms with Gasteiger partial charge in [0.1, 0.15) is 5.82 Å². The van der Waals surface area contributed by atoms with Crippen molar-refractivity contribution in [2.24, 2.45) is 0 Å². The smallest absolute Gasteiger partial charge is 0.238 e. The van der Waals surface area contributed by atoms with Gasteiger partial charge in [-0.15, -0.1) is 10.2 Å². The number of rotatable bonds is 7. The maximum atomic E-state index is 13.3. The van der Waals surface area contributed by atoms with Crippen LogP contribution < -0.4 is 11.2 Å². The van der Waals surface area contributed by atoms with Gasteiger partial charge in [-0.2, -0.15) is 0 Å². The highest BCUT2D eigenvalue weighted by molar-refractivity contribution is 7.99. The van der Waals surface area contributed by atoms with Crippen LogP contribution in [0.15, 0.2) is 29.4 Å². The molecular weight excluding hydrogens is 445 g/mol. The zero-order chi connectivity index (χ0) is 23.2. The van der Waals surface area contributed by atoms with Crippen LogP contribution in [0.3, 0.4) is 0 Å². The van der Waals surface area contributed by atoms with Gasteiger partial charge >= 0.3 is 0 Å². The molecule has 1 aromatic carbocycles. The zero-order valence-corrected chi connectivity index (χ0v) is 19.4. The van der Waals surface area contributed by atoms with Gasteiger partial charge in [-0.25, -0.2) is 9.07 Å². The molecule has 1 aromatic heterocycles. The van der Waals surface area contributed by atoms with E-state index in [0.717, 1.165) is 18.7 Å². The molecule has 1 saturated carbocycles. The fourth-order valence-corrected chi connectivity index (χ4v) is 5.14. The van der Waals surface area contributed by atoms with Crippen LogP contribution in [0, 0.1) is 5.82 Å². The summed E-state index contributed by atoms with van der Waals surface area (Å²) in [6.45, 7) is 2.51. The van der Waals surface area contributed by atoms with Gasteiger partial charge < -0.3 is 16.1 Å². The van der Waals surface area contributed by atoms with E-state index in [1.165, 1.54) is 43.2 Å². The number of anilines is 1. The lowest BCUT2D eigenvalue weighted by Crippen LogP contribution is -2.50. The Kier molecular flexibility index (Phi) is 7.81. The first-order chi connectivity index (χ1) is 16.0. The van der Waals surface area contributed by atoms with E-state index in [-0.39, 0.29) is 24.1 Å². The molecule has 0 radical (unpaired) electrons. The van der Waals surface area contributed by atoms with E-state index < -0.39 is 5.82 Å². The molecule has 0 unspecified atom stereocenters. The molecule has 33 heavy (non-hydrogen) atoms. The summed E-state index contributed by atoms with van der Waals surface area (Å²) >= 11 is 1.31. The van der Waals surface area contributed by atoms with Crippen molar-refractivity contribution >= 4 is 29.3 Å². The third kappa shape index (κ3) is 6.23. The Morgan fingerprint density at radius 2 is 1.88 bits per heavy atom. The molecule has 1 aliphatic carbocycles. The molecule has 3 N–H and O–H groups in total. The van der Waals surface area contributed by atoms with E-state index >= 15 is 0 Å². The minimum Gasteiger partial charge on any atom is -0.339 e. The first kappa shape index (κ1) is 23.5. The van der Waals surface area contributed by atoms with Crippen molar-refractivity contribution in [2.75, 3.05) is 49.6 Å². The maximum absolute atomic E-state index is 13.3. The van der Waals surface area contributed by atoms with E-state index in [1.54, 1.807) is 21.7 Å². The molecule has 0 atom stereocenters. The van der Waals surface area contributed by atoms with Crippen LogP contribution in [-0.4, -0.2) is 75.0 Å². The minimum absolute atomic E-state index is 0.0195. The number of carbonyl (C=O) groups excluding carboxylic acids is 2. The fourth-order valence-electron chi connectivity index (χ4n) is 4.37. The molecule has 2 amide bonds. The van der Waals surface area contributed by atoms with Crippen LogP contribution >= 0.6 is 11.8 Å². The van der Waals surface area contributed by atoms with Crippen molar-refractivity contribution in [1.29, 1.82) is 0 Å². The van der Waals surface area contributed by atoms with Gasteiger partial charge in [-0.1, -0.05) is 37.1 Å². The summed E-state index contributed by atoms with van der Waals surface area (Å²) in [7, 11) is 0. The third-order valence-corrected chi connectivity index (χ3v) is 7.11. The highest BCUT2D eigenvalue weighted by atomic mass is 32.2. The summed E-state index contributed by atoms with van der Waals surface area (Å²) in [6.07, 6.45) is 5.82. The molecule has 2 heterocycles. The van der Waals surface area contributed by atoms with Gasteiger partial charge in [-0.05, 0) is 31.0 Å². The molecule has 0 bridgehead atoms. The van der Waals surface area contributed by atoms with E-state index in [0.29, 0.717) is 42.9 Å². The number of amides is 2. The Labute approximate surface area is 196 Å². The van der Waals surface area contributed by atoms with E-state index in [9.17, 15) is 14.0 Å². The van der Waals surface area contributed by atoms with Gasteiger partial charge in [0.05, 0.1) is 12.3 Å². The average Bonchev–Trinajstić information content (AvgIpc) is 3.18. The van der Waals surface area contributed by atoms with Crippen molar-refractivity contribution in [2.45, 2.75) is 43.2 Å². The first-order valence-electron chi connectivity index (χ1n) is 11.4. The van der Waals surface area contributed by atoms with Gasteiger partial charge in [0.15, 0.2) is 5.82 Å². The van der Waals surface area contributed by atoms with E-state index in [4.69, 9.17) is 5.84 Å². The lowest BCUT2D eigenvalue weighted by molar-refractivity contribution is -0.130. The number of hydrogen-bond acceptors (Lipinski definition) is 7. The van der Waals surface area contributed by atoms with Crippen molar-refractivity contribution in [3.63, 3.8) is 0 Å². The van der Waals surface area contributed by atoms with Crippen molar-refractivity contribution in [1.82, 2.24) is 24.7 Å². The maximum Gasteiger partial charge on any atom is 0.238 e. The van der Waals surface area contributed by atoms with Crippen molar-refractivity contribution in [3.8, 4) is 0 Å². The number of piperazine rings is 1. The molecule has 11 heteroatoms. The Hall–Kier alpha value is -2.66. The van der Waals surface area contributed by atoms with E-state index in [1.807, 2.05) is 4.90 Å². The lowest BCUT2D eigenvalue weighted by atomic mass is 9.89. The molecule has 4 rings (SSSR count). The van der Waals surface area contributed by atoms with Gasteiger partial charge in [0, 0.05) is 37.8 Å². The number of hydrogen-bond donors (Lipinski definition) is 2. The van der Waals surface area contributed by atoms with Gasteiger partial charge in [0.25, 0.3) is 0 Å². The van der Waals surface area contributed by atoms with Crippen LogP contribution in [0.5, 0.6) is 0 Å². The van der Waals surface area contributed by atoms with Crippen LogP contribution in [0.2, 0.25) is 0 Å². The number of halogens is 1. The molecular formula is C22H30FN7O2S. The first-order valence-corrected chi connectivity index (χ1v) is 12.4. The zero-order valence-electron chi connectivity index (χ0n) is 18.6. The fraction of sp³-hybridized carbons (Fsp3) is 0.545. The summed E-state index contributed by atoms with van der Waals surface area (Å²) < 4.78 is 14.8. The highest BCUT2D eigenvalue weighted by Gasteiger charge is 2.25. The second-order valence-corrected chi connectivity index (χ2v) is 9.49. The molecule has 1 aliphatic heterocycles. The highest BCUT2D eigenvalue weighted by Crippen LogP contribution is 2.32. The predicted octanol–water partition coefficient (Wildman–Crippen LogP) is 2.05. The number of nitrogens with two attached hydrogens (primary N) is 1. The molecule has 9 nitrogen and oxygen atoms in total. The Bertz CT molecular complexity index is 971. The number of carbonyl (C=O) groups is 2. The third-order valence-electron chi connectivity index (χ3n) is 6.19. The molecule has 2 aromatic rings. The standard InChI is InChI=1S/C22H30FN7O2S/c23-17-7-4-8-18(13-17)25-19(31)14-28-9-11-29(12-10-28)20(32)15-33-22-27-26-21(30(22)24)16-5-2-1-3-6-16/h4,7-8,13,16H,1-3,5-6,9-12,14-15,24H2,(H,25,31). The van der Waals surface area contributed by atoms with E-state index in [2.05, 4.69) is 15.5 Å². The Morgan fingerprint density at radius 3 is 2.61 bits per heavy atom. The van der Waals surface area contributed by atoms with Crippen LogP contribution in [0.1, 0.15) is 43.8 Å².